The van der Waals surface area contributed by atoms with E-state index in [1.165, 1.54) is 25.1 Å². The van der Waals surface area contributed by atoms with Crippen molar-refractivity contribution in [1.29, 1.82) is 0 Å². The van der Waals surface area contributed by atoms with E-state index in [4.69, 9.17) is 5.73 Å². The molecule has 1 fully saturated rings. The number of likely N-dealkylation sites (N-methyl/N-ethyl adjacent to an activating group) is 1. The van der Waals surface area contributed by atoms with Crippen LogP contribution in [0, 0.1) is 23.6 Å². The summed E-state index contributed by atoms with van der Waals surface area (Å²) in [6, 6.07) is -0.0184. The van der Waals surface area contributed by atoms with E-state index < -0.39 is 69.6 Å². The predicted octanol–water partition coefficient (Wildman–Crippen LogP) is 0.849. The van der Waals surface area contributed by atoms with Crippen LogP contribution in [-0.2, 0) is 27.3 Å². The standard InChI is InChI=1S/C26H32FN3O7/c1-10(2)8-29-9-12-7-15(31)17-13(19(12)27)5-11-6-14-20(30(3)4)22(33)18(25(28)36)24(35)26(14,37)23(34)16(11)21(17)32/h7,10-11,14,20,29,31-32,35,37H,5-6,8-9H2,1-4H3,(H2,28,36)/t11-,14-,20-,26-/m0/s1. The summed E-state index contributed by atoms with van der Waals surface area (Å²) in [5.74, 6) is -7.94. The number of aromatic hydroxyl groups is 1. The number of aliphatic hydroxyl groups is 3. The summed E-state index contributed by atoms with van der Waals surface area (Å²) in [5.41, 5.74) is 1.34. The molecule has 7 N–H and O–H groups in total. The second-order valence-corrected chi connectivity index (χ2v) is 10.7. The second kappa shape index (κ2) is 9.23. The summed E-state index contributed by atoms with van der Waals surface area (Å²) in [6.07, 6.45) is -0.187. The van der Waals surface area contributed by atoms with Crippen LogP contribution in [0.15, 0.2) is 23.0 Å². The molecule has 0 aliphatic heterocycles. The van der Waals surface area contributed by atoms with Crippen LogP contribution in [0.1, 0.15) is 37.0 Å². The molecule has 0 spiro atoms. The number of carbonyl (C=O) groups excluding carboxylic acids is 3. The van der Waals surface area contributed by atoms with Crippen LogP contribution in [-0.4, -0.2) is 75.1 Å². The number of hydrogen-bond donors (Lipinski definition) is 6. The Morgan fingerprint density at radius 2 is 1.92 bits per heavy atom. The molecule has 1 aromatic carbocycles. The summed E-state index contributed by atoms with van der Waals surface area (Å²) in [6.45, 7) is 4.75. The normalized spacial score (nSPS) is 27.5. The number of amides is 1. The molecule has 4 rings (SSSR count). The highest BCUT2D eigenvalue weighted by Crippen LogP contribution is 2.53. The number of rotatable bonds is 6. The fourth-order valence-corrected chi connectivity index (χ4v) is 5.97. The highest BCUT2D eigenvalue weighted by molar-refractivity contribution is 6.24. The van der Waals surface area contributed by atoms with Crippen LogP contribution in [0.3, 0.4) is 0 Å². The number of phenols is 1. The van der Waals surface area contributed by atoms with Gasteiger partial charge in [0.1, 0.15) is 28.7 Å². The van der Waals surface area contributed by atoms with E-state index >= 15 is 4.39 Å². The molecule has 4 atom stereocenters. The van der Waals surface area contributed by atoms with Crippen molar-refractivity contribution in [1.82, 2.24) is 10.2 Å². The zero-order chi connectivity index (χ0) is 27.6. The summed E-state index contributed by atoms with van der Waals surface area (Å²) >= 11 is 0. The lowest BCUT2D eigenvalue weighted by molar-refractivity contribution is -0.153. The van der Waals surface area contributed by atoms with Crippen LogP contribution in [0.4, 0.5) is 4.39 Å². The number of Topliss-reactive ketones (excluding diaryl/α,β-unsaturated/α-hetero) is 2. The van der Waals surface area contributed by atoms with Gasteiger partial charge in [-0.05, 0) is 51.4 Å². The van der Waals surface area contributed by atoms with Crippen molar-refractivity contribution in [2.75, 3.05) is 20.6 Å². The summed E-state index contributed by atoms with van der Waals surface area (Å²) in [4.78, 5) is 40.2. The number of nitrogens with zero attached hydrogens (tertiary/aromatic N) is 1. The van der Waals surface area contributed by atoms with E-state index in [9.17, 15) is 34.8 Å². The Balaban J connectivity index is 1.87. The van der Waals surface area contributed by atoms with Crippen molar-refractivity contribution in [3.63, 3.8) is 0 Å². The van der Waals surface area contributed by atoms with Crippen molar-refractivity contribution in [2.45, 2.75) is 44.9 Å². The lowest BCUT2D eigenvalue weighted by Gasteiger charge is -2.50. The molecular formula is C26H32FN3O7. The van der Waals surface area contributed by atoms with E-state index in [1.807, 2.05) is 13.8 Å². The number of hydrogen-bond acceptors (Lipinski definition) is 9. The quantitative estimate of drug-likeness (QED) is 0.299. The molecule has 1 aromatic rings. The minimum absolute atomic E-state index is 0.0203. The highest BCUT2D eigenvalue weighted by Gasteiger charge is 2.64. The Morgan fingerprint density at radius 3 is 2.49 bits per heavy atom. The van der Waals surface area contributed by atoms with E-state index in [2.05, 4.69) is 5.32 Å². The number of nitrogens with two attached hydrogens (primary N) is 1. The summed E-state index contributed by atoms with van der Waals surface area (Å²) < 4.78 is 15.6. The second-order valence-electron chi connectivity index (χ2n) is 10.7. The molecule has 0 unspecified atom stereocenters. The van der Waals surface area contributed by atoms with Gasteiger partial charge in [-0.25, -0.2) is 4.39 Å². The Labute approximate surface area is 213 Å². The predicted molar refractivity (Wildman–Crippen MR) is 131 cm³/mol. The smallest absolute Gasteiger partial charge is 0.255 e. The molecule has 200 valence electrons. The molecule has 0 heterocycles. The molecule has 0 bridgehead atoms. The zero-order valence-electron chi connectivity index (χ0n) is 21.1. The number of benzene rings is 1. The number of phenolic OH excluding ortho intramolecular Hbond substituents is 1. The summed E-state index contributed by atoms with van der Waals surface area (Å²) in [7, 11) is 3.03. The highest BCUT2D eigenvalue weighted by atomic mass is 19.1. The molecule has 0 radical (unpaired) electrons. The first-order chi connectivity index (χ1) is 17.2. The Hall–Kier alpha value is -3.28. The van der Waals surface area contributed by atoms with Crippen molar-refractivity contribution in [2.24, 2.45) is 23.5 Å². The Morgan fingerprint density at radius 1 is 1.27 bits per heavy atom. The first-order valence-electron chi connectivity index (χ1n) is 12.1. The van der Waals surface area contributed by atoms with E-state index in [0.717, 1.165) is 0 Å². The van der Waals surface area contributed by atoms with Crippen molar-refractivity contribution < 1.29 is 39.2 Å². The maximum atomic E-state index is 15.6. The van der Waals surface area contributed by atoms with Crippen LogP contribution in [0.5, 0.6) is 5.75 Å². The number of nitrogens with one attached hydrogen (secondary N) is 1. The van der Waals surface area contributed by atoms with Gasteiger partial charge in [-0.3, -0.25) is 19.3 Å². The van der Waals surface area contributed by atoms with Gasteiger partial charge in [-0.1, -0.05) is 13.8 Å². The fraction of sp³-hybridized carbons (Fsp3) is 0.500. The van der Waals surface area contributed by atoms with E-state index in [1.54, 1.807) is 0 Å². The van der Waals surface area contributed by atoms with Gasteiger partial charge in [0, 0.05) is 29.2 Å². The first kappa shape index (κ1) is 26.8. The van der Waals surface area contributed by atoms with E-state index in [-0.39, 0.29) is 41.6 Å². The topological polar surface area (TPSA) is 173 Å². The van der Waals surface area contributed by atoms with Crippen molar-refractivity contribution in [3.05, 3.63) is 45.5 Å². The number of halogens is 1. The first-order valence-corrected chi connectivity index (χ1v) is 12.1. The van der Waals surface area contributed by atoms with Gasteiger partial charge in [-0.2, -0.15) is 0 Å². The molecule has 1 saturated carbocycles. The Kier molecular flexibility index (Phi) is 6.68. The van der Waals surface area contributed by atoms with E-state index in [0.29, 0.717) is 12.5 Å². The van der Waals surface area contributed by atoms with Gasteiger partial charge >= 0.3 is 0 Å². The Bertz CT molecular complexity index is 1270. The van der Waals surface area contributed by atoms with Gasteiger partial charge in [0.15, 0.2) is 11.4 Å². The van der Waals surface area contributed by atoms with Crippen LogP contribution in [0.2, 0.25) is 0 Å². The van der Waals surface area contributed by atoms with Gasteiger partial charge in [0.25, 0.3) is 5.91 Å². The van der Waals surface area contributed by atoms with Gasteiger partial charge < -0.3 is 31.5 Å². The molecule has 37 heavy (non-hydrogen) atoms. The maximum absolute atomic E-state index is 15.6. The molecule has 1 amide bonds. The van der Waals surface area contributed by atoms with Gasteiger partial charge in [0.2, 0.25) is 5.78 Å². The van der Waals surface area contributed by atoms with Crippen molar-refractivity contribution >= 4 is 23.2 Å². The number of aliphatic hydroxyl groups excluding tert-OH is 2. The maximum Gasteiger partial charge on any atom is 0.255 e. The summed E-state index contributed by atoms with van der Waals surface area (Å²) in [5, 5.41) is 47.3. The van der Waals surface area contributed by atoms with Gasteiger partial charge in [-0.15, -0.1) is 0 Å². The molecular weight excluding hydrogens is 485 g/mol. The average molecular weight is 518 g/mol. The van der Waals surface area contributed by atoms with Crippen LogP contribution < -0.4 is 11.1 Å². The molecule has 3 aliphatic carbocycles. The minimum Gasteiger partial charge on any atom is -0.508 e. The molecule has 11 heteroatoms. The number of fused-ring (bicyclic) bond motifs is 3. The SMILES string of the molecule is CC(C)CNCc1cc(O)c2c(c1F)C[C@H]1C[C@H]3[C@H](N(C)C)C(=O)C(C(N)=O)=C(O)[C@@]3(O)C(=O)C1=C2O. The molecule has 3 aliphatic rings. The third-order valence-electron chi connectivity index (χ3n) is 7.60. The molecule has 0 aromatic heterocycles. The van der Waals surface area contributed by atoms with Gasteiger partial charge in [0.05, 0.1) is 11.6 Å². The third-order valence-corrected chi connectivity index (χ3v) is 7.60. The minimum atomic E-state index is -2.72. The average Bonchev–Trinajstić information content (AvgIpc) is 2.78. The lowest BCUT2D eigenvalue weighted by atomic mass is 9.57. The number of primary amides is 1. The largest absolute Gasteiger partial charge is 0.508 e. The molecule has 10 nitrogen and oxygen atoms in total. The molecule has 0 saturated heterocycles. The monoisotopic (exact) mass is 517 g/mol. The van der Waals surface area contributed by atoms with Crippen LogP contribution >= 0.6 is 0 Å². The number of carbonyl (C=O) groups is 3. The fourth-order valence-electron chi connectivity index (χ4n) is 5.97. The van der Waals surface area contributed by atoms with Crippen LogP contribution in [0.25, 0.3) is 5.76 Å². The number of ketones is 2. The van der Waals surface area contributed by atoms with Crippen molar-refractivity contribution in [3.8, 4) is 5.75 Å². The zero-order valence-corrected chi connectivity index (χ0v) is 21.1. The third kappa shape index (κ3) is 3.92. The lowest BCUT2D eigenvalue weighted by Crippen LogP contribution is -2.65.